The monoisotopic (exact) mass is 351 g/mol. The third kappa shape index (κ3) is 2.93. The molecule has 5 heteroatoms. The molecule has 26 heavy (non-hydrogen) atoms. The van der Waals surface area contributed by atoms with Crippen LogP contribution in [-0.2, 0) is 11.3 Å². The maximum Gasteiger partial charge on any atom is 0.220 e. The largest absolute Gasteiger partial charge is 0.463 e. The minimum Gasteiger partial charge on any atom is -0.463 e. The second-order valence-electron chi connectivity index (χ2n) is 8.70. The number of hydrogen-bond donors (Lipinski definition) is 1. The fraction of sp³-hybridized carbons (Fsp3) is 0.571. The number of carbonyl (C=O) groups excluding carboxylic acids is 1. The minimum atomic E-state index is 0.156. The lowest BCUT2D eigenvalue weighted by atomic mass is 9.49. The number of aromatic nitrogens is 2. The molecular weight excluding hydrogens is 326 g/mol. The van der Waals surface area contributed by atoms with Crippen molar-refractivity contribution in [2.45, 2.75) is 51.5 Å². The van der Waals surface area contributed by atoms with E-state index in [-0.39, 0.29) is 11.3 Å². The lowest BCUT2D eigenvalue weighted by Gasteiger charge is -2.56. The van der Waals surface area contributed by atoms with Crippen LogP contribution in [0.25, 0.3) is 11.5 Å². The second-order valence-corrected chi connectivity index (χ2v) is 8.70. The molecule has 0 atom stereocenters. The number of carbonyl (C=O) groups is 1. The van der Waals surface area contributed by atoms with Gasteiger partial charge in [-0.15, -0.1) is 0 Å². The van der Waals surface area contributed by atoms with Gasteiger partial charge in [-0.3, -0.25) is 9.78 Å². The number of amides is 1. The molecule has 0 saturated heterocycles. The van der Waals surface area contributed by atoms with Crippen molar-refractivity contribution in [3.05, 3.63) is 36.5 Å². The van der Waals surface area contributed by atoms with E-state index in [1.807, 2.05) is 12.1 Å². The first-order valence-corrected chi connectivity index (χ1v) is 9.80. The Morgan fingerprint density at radius 2 is 1.81 bits per heavy atom. The highest BCUT2D eigenvalue weighted by molar-refractivity contribution is 5.77. The van der Waals surface area contributed by atoms with Crippen LogP contribution in [0.1, 0.15) is 50.6 Å². The molecule has 4 fully saturated rings. The van der Waals surface area contributed by atoms with Gasteiger partial charge >= 0.3 is 0 Å². The molecule has 6 rings (SSSR count). The van der Waals surface area contributed by atoms with Gasteiger partial charge in [-0.25, -0.2) is 4.98 Å². The number of rotatable bonds is 5. The molecule has 2 aromatic heterocycles. The number of nitrogens with zero attached hydrogens (tertiary/aromatic N) is 2. The maximum absolute atomic E-state index is 12.7. The van der Waals surface area contributed by atoms with Crippen molar-refractivity contribution in [3.63, 3.8) is 0 Å². The van der Waals surface area contributed by atoms with Gasteiger partial charge in [0.05, 0.1) is 18.5 Å². The summed E-state index contributed by atoms with van der Waals surface area (Å²) in [5, 5.41) is 3.09. The van der Waals surface area contributed by atoms with Gasteiger partial charge in [0, 0.05) is 18.8 Å². The molecule has 0 unspecified atom stereocenters. The molecule has 0 spiro atoms. The Morgan fingerprint density at radius 3 is 2.46 bits per heavy atom. The van der Waals surface area contributed by atoms with Crippen LogP contribution in [-0.4, -0.2) is 15.9 Å². The Morgan fingerprint density at radius 1 is 1.12 bits per heavy atom. The SMILES string of the molecule is O=C(CC12CC3CC(CC(C3)C1)C2)NCc1nccnc1-c1ccco1. The van der Waals surface area contributed by atoms with E-state index in [0.717, 1.165) is 23.4 Å². The normalized spacial score (nSPS) is 31.9. The first-order chi connectivity index (χ1) is 12.7. The minimum absolute atomic E-state index is 0.156. The summed E-state index contributed by atoms with van der Waals surface area (Å²) in [4.78, 5) is 21.5. The van der Waals surface area contributed by atoms with Gasteiger partial charge in [0.25, 0.3) is 0 Å². The average molecular weight is 351 g/mol. The second kappa shape index (κ2) is 6.22. The van der Waals surface area contributed by atoms with E-state index in [1.54, 1.807) is 18.7 Å². The van der Waals surface area contributed by atoms with E-state index in [2.05, 4.69) is 15.3 Å². The van der Waals surface area contributed by atoms with Gasteiger partial charge in [0.15, 0.2) is 5.76 Å². The van der Waals surface area contributed by atoms with E-state index in [9.17, 15) is 4.79 Å². The first kappa shape index (κ1) is 16.0. The first-order valence-electron chi connectivity index (χ1n) is 9.80. The van der Waals surface area contributed by atoms with Crippen molar-refractivity contribution in [1.29, 1.82) is 0 Å². The van der Waals surface area contributed by atoms with Crippen LogP contribution in [0.2, 0.25) is 0 Å². The third-order valence-corrected chi connectivity index (χ3v) is 6.68. The Balaban J connectivity index is 1.25. The molecule has 5 nitrogen and oxygen atoms in total. The summed E-state index contributed by atoms with van der Waals surface area (Å²) in [6.07, 6.45) is 13.6. The van der Waals surface area contributed by atoms with Gasteiger partial charge < -0.3 is 9.73 Å². The third-order valence-electron chi connectivity index (χ3n) is 6.68. The van der Waals surface area contributed by atoms with Crippen molar-refractivity contribution in [2.24, 2.45) is 23.2 Å². The Kier molecular flexibility index (Phi) is 3.84. The molecule has 4 saturated carbocycles. The lowest BCUT2D eigenvalue weighted by Crippen LogP contribution is -2.48. The standard InChI is InChI=1S/C21H25N3O2/c25-19(12-21-9-14-6-15(10-21)8-16(7-14)11-21)24-13-17-20(23-4-3-22-17)18-2-1-5-26-18/h1-5,14-16H,6-13H2,(H,24,25). The Bertz CT molecular complexity index is 764. The Hall–Kier alpha value is -2.17. The van der Waals surface area contributed by atoms with Gasteiger partial charge in [0.1, 0.15) is 5.69 Å². The topological polar surface area (TPSA) is 68.0 Å². The molecular formula is C21H25N3O2. The quantitative estimate of drug-likeness (QED) is 0.885. The predicted molar refractivity (Wildman–Crippen MR) is 96.8 cm³/mol. The molecule has 4 bridgehead atoms. The molecule has 1 N–H and O–H groups in total. The predicted octanol–water partition coefficient (Wildman–Crippen LogP) is 3.96. The van der Waals surface area contributed by atoms with Crippen LogP contribution < -0.4 is 5.32 Å². The zero-order chi connectivity index (χ0) is 17.6. The van der Waals surface area contributed by atoms with Gasteiger partial charge in [-0.2, -0.15) is 0 Å². The van der Waals surface area contributed by atoms with Crippen LogP contribution in [0, 0.1) is 23.2 Å². The fourth-order valence-corrected chi connectivity index (χ4v) is 6.21. The number of hydrogen-bond acceptors (Lipinski definition) is 4. The molecule has 0 aromatic carbocycles. The van der Waals surface area contributed by atoms with Crippen LogP contribution in [0.3, 0.4) is 0 Å². The molecule has 4 aliphatic rings. The number of nitrogens with one attached hydrogen (secondary N) is 1. The summed E-state index contributed by atoms with van der Waals surface area (Å²) >= 11 is 0. The summed E-state index contributed by atoms with van der Waals surface area (Å²) in [6.45, 7) is 0.398. The van der Waals surface area contributed by atoms with Crippen LogP contribution >= 0.6 is 0 Å². The molecule has 2 aromatic rings. The highest BCUT2D eigenvalue weighted by Gasteiger charge is 2.51. The van der Waals surface area contributed by atoms with E-state index in [4.69, 9.17) is 4.42 Å². The summed E-state index contributed by atoms with van der Waals surface area (Å²) in [6, 6.07) is 3.70. The van der Waals surface area contributed by atoms with Crippen molar-refractivity contribution in [1.82, 2.24) is 15.3 Å². The fourth-order valence-electron chi connectivity index (χ4n) is 6.21. The van der Waals surface area contributed by atoms with Crippen LogP contribution in [0.15, 0.2) is 35.2 Å². The smallest absolute Gasteiger partial charge is 0.220 e. The van der Waals surface area contributed by atoms with E-state index in [0.29, 0.717) is 24.4 Å². The van der Waals surface area contributed by atoms with E-state index in [1.165, 1.54) is 38.5 Å². The molecule has 4 aliphatic carbocycles. The average Bonchev–Trinajstić information content (AvgIpc) is 3.13. The highest BCUT2D eigenvalue weighted by Crippen LogP contribution is 2.61. The van der Waals surface area contributed by atoms with Crippen molar-refractivity contribution in [3.8, 4) is 11.5 Å². The number of furan rings is 1. The van der Waals surface area contributed by atoms with E-state index < -0.39 is 0 Å². The van der Waals surface area contributed by atoms with Crippen molar-refractivity contribution >= 4 is 5.91 Å². The maximum atomic E-state index is 12.7. The molecule has 0 aliphatic heterocycles. The lowest BCUT2D eigenvalue weighted by molar-refractivity contribution is -0.129. The van der Waals surface area contributed by atoms with Crippen LogP contribution in [0.5, 0.6) is 0 Å². The van der Waals surface area contributed by atoms with Crippen molar-refractivity contribution in [2.75, 3.05) is 0 Å². The summed E-state index contributed by atoms with van der Waals surface area (Å²) in [5.74, 6) is 3.46. The summed E-state index contributed by atoms with van der Waals surface area (Å²) in [5.41, 5.74) is 1.72. The molecule has 1 amide bonds. The highest BCUT2D eigenvalue weighted by atomic mass is 16.3. The summed E-state index contributed by atoms with van der Waals surface area (Å²) < 4.78 is 5.44. The van der Waals surface area contributed by atoms with Crippen molar-refractivity contribution < 1.29 is 9.21 Å². The van der Waals surface area contributed by atoms with E-state index >= 15 is 0 Å². The van der Waals surface area contributed by atoms with Gasteiger partial charge in [0.2, 0.25) is 5.91 Å². The molecule has 0 radical (unpaired) electrons. The van der Waals surface area contributed by atoms with Gasteiger partial charge in [-0.05, 0) is 73.8 Å². The Labute approximate surface area is 153 Å². The molecule has 2 heterocycles. The van der Waals surface area contributed by atoms with Gasteiger partial charge in [-0.1, -0.05) is 0 Å². The van der Waals surface area contributed by atoms with Crippen LogP contribution in [0.4, 0.5) is 0 Å². The zero-order valence-electron chi connectivity index (χ0n) is 15.0. The molecule has 136 valence electrons. The summed E-state index contributed by atoms with van der Waals surface area (Å²) in [7, 11) is 0. The zero-order valence-corrected chi connectivity index (χ0v) is 15.0.